The molecule has 2 atom stereocenters. The van der Waals surface area contributed by atoms with Crippen LogP contribution in [-0.2, 0) is 57.5 Å². The number of benzene rings is 3. The van der Waals surface area contributed by atoms with E-state index in [0.29, 0.717) is 0 Å². The molecule has 0 spiro atoms. The van der Waals surface area contributed by atoms with Gasteiger partial charge in [-0.2, -0.15) is 39.5 Å². The SMILES string of the molecule is COc1cc(F)c(C(C)C)cc1-c1ccc(C(F)(F)F)cc1C[NH2+][C@@H](C)[C@H](OC(=O)OCCOC(COP(=O)(O)O)COP(=O)(O)O)c1cc(C(F)(F)F)cc(C(F)(F)F)c1.[Cl-]. The summed E-state index contributed by atoms with van der Waals surface area (Å²) in [5, 5.41) is 1.15. The van der Waals surface area contributed by atoms with Gasteiger partial charge < -0.3 is 56.2 Å². The third-order valence-corrected chi connectivity index (χ3v) is 9.50. The Morgan fingerprint density at radius 3 is 1.74 bits per heavy atom. The molecule has 0 bridgehead atoms. The molecule has 3 rings (SSSR count). The first-order chi connectivity index (χ1) is 27.9. The van der Waals surface area contributed by atoms with Gasteiger partial charge in [-0.1, -0.05) is 19.9 Å². The first-order valence-electron chi connectivity index (χ1n) is 17.5. The van der Waals surface area contributed by atoms with E-state index in [2.05, 4.69) is 9.05 Å². The molecule has 27 heteroatoms. The number of phosphoric acid groups is 2. The number of halogens is 11. The molecule has 0 heterocycles. The summed E-state index contributed by atoms with van der Waals surface area (Å²) >= 11 is 0. The average Bonchev–Trinajstić information content (AvgIpc) is 3.12. The fourth-order valence-electron chi connectivity index (χ4n) is 5.64. The van der Waals surface area contributed by atoms with E-state index in [9.17, 15) is 57.8 Å². The molecule has 0 radical (unpaired) electrons. The highest BCUT2D eigenvalue weighted by atomic mass is 35.5. The summed E-state index contributed by atoms with van der Waals surface area (Å²) in [6.45, 7) is 0.357. The molecular weight excluding hydrogens is 930 g/mol. The lowest BCUT2D eigenvalue weighted by molar-refractivity contribution is -0.708. The Kier molecular flexibility index (Phi) is 19.3. The molecule has 0 aromatic heterocycles. The van der Waals surface area contributed by atoms with Gasteiger partial charge >= 0.3 is 40.3 Å². The van der Waals surface area contributed by atoms with Gasteiger partial charge in [0.2, 0.25) is 0 Å². The van der Waals surface area contributed by atoms with E-state index in [4.69, 9.17) is 38.5 Å². The molecule has 3 aromatic carbocycles. The minimum Gasteiger partial charge on any atom is -1.00 e. The van der Waals surface area contributed by atoms with Crippen molar-refractivity contribution in [2.45, 2.75) is 70.0 Å². The third kappa shape index (κ3) is 16.9. The molecule has 0 aliphatic heterocycles. The van der Waals surface area contributed by atoms with Gasteiger partial charge in [-0.05, 0) is 65.9 Å². The van der Waals surface area contributed by atoms with Crippen LogP contribution in [0.3, 0.4) is 0 Å². The fourth-order valence-corrected chi connectivity index (χ4v) is 6.36. The Morgan fingerprint density at radius 1 is 0.742 bits per heavy atom. The quantitative estimate of drug-likeness (QED) is 0.0482. The van der Waals surface area contributed by atoms with E-state index >= 15 is 0 Å². The minimum absolute atomic E-state index is 0. The fraction of sp³-hybridized carbons (Fsp3) is 0.457. The molecule has 0 aliphatic carbocycles. The summed E-state index contributed by atoms with van der Waals surface area (Å²) in [6.07, 6.45) is -21.0. The van der Waals surface area contributed by atoms with Crippen molar-refractivity contribution < 1.29 is 123 Å². The Bertz CT molecular complexity index is 2020. The second-order valence-corrected chi connectivity index (χ2v) is 15.9. The number of hydrogen-bond donors (Lipinski definition) is 5. The second-order valence-electron chi connectivity index (χ2n) is 13.4. The van der Waals surface area contributed by atoms with Crippen molar-refractivity contribution in [1.82, 2.24) is 0 Å². The van der Waals surface area contributed by atoms with Gasteiger partial charge in [0.15, 0.2) is 6.10 Å². The zero-order chi connectivity index (χ0) is 46.3. The first kappa shape index (κ1) is 54.6. The number of hydrogen-bond acceptors (Lipinski definition) is 9. The van der Waals surface area contributed by atoms with Crippen LogP contribution in [-0.4, -0.2) is 71.4 Å². The van der Waals surface area contributed by atoms with Crippen LogP contribution in [0.5, 0.6) is 5.75 Å². The number of alkyl halides is 9. The maximum atomic E-state index is 14.9. The predicted molar refractivity (Wildman–Crippen MR) is 190 cm³/mol. The number of carbonyl (C=O) groups is 1. The van der Waals surface area contributed by atoms with Crippen LogP contribution in [0.1, 0.15) is 66.2 Å². The lowest BCUT2D eigenvalue weighted by atomic mass is 9.92. The lowest BCUT2D eigenvalue weighted by Gasteiger charge is -2.25. The van der Waals surface area contributed by atoms with Gasteiger partial charge in [0.05, 0.1) is 43.6 Å². The number of nitrogens with two attached hydrogens (primary N) is 1. The van der Waals surface area contributed by atoms with Gasteiger partial charge in [-0.3, -0.25) is 9.05 Å². The Balaban J connectivity index is 0.0000132. The Labute approximate surface area is 352 Å². The van der Waals surface area contributed by atoms with E-state index in [1.54, 1.807) is 13.8 Å². The van der Waals surface area contributed by atoms with Crippen LogP contribution in [0.15, 0.2) is 48.5 Å². The standard InChI is InChI=1S/C35H39F10NO13P2.ClH/c1-18(2)27-13-28(30(54-4)14-29(27)36)26-6-5-22(33(37,38)39)11-21(26)15-46-19(3)31(20-9-23(34(40,41)42)12-24(10-20)35(43,44)45)59-32(47)56-8-7-55-25(16-57-60(48,49)50)17-58-61(51,52)53;/h5-6,9-14,18-19,25,31,46H,7-8,15-17H2,1-4H3,(H2,48,49,50)(H2,51,52,53);1H/t19-,31-;/m0./s1. The van der Waals surface area contributed by atoms with Crippen molar-refractivity contribution in [3.63, 3.8) is 0 Å². The monoisotopic (exact) mass is 969 g/mol. The Hall–Kier alpha value is -3.54. The predicted octanol–water partition coefficient (Wildman–Crippen LogP) is 4.64. The summed E-state index contributed by atoms with van der Waals surface area (Å²) in [6, 6.07) is 3.86. The van der Waals surface area contributed by atoms with Gasteiger partial charge in [-0.25, -0.2) is 18.3 Å². The van der Waals surface area contributed by atoms with E-state index in [0.717, 1.165) is 29.6 Å². The molecule has 0 fully saturated rings. The third-order valence-electron chi connectivity index (χ3n) is 8.53. The van der Waals surface area contributed by atoms with Crippen LogP contribution >= 0.6 is 15.6 Å². The normalized spacial score (nSPS) is 13.8. The summed E-state index contributed by atoms with van der Waals surface area (Å²) in [7, 11) is -9.09. The summed E-state index contributed by atoms with van der Waals surface area (Å²) in [4.78, 5) is 48.6. The molecule has 62 heavy (non-hydrogen) atoms. The van der Waals surface area contributed by atoms with E-state index in [1.807, 2.05) is 0 Å². The van der Waals surface area contributed by atoms with E-state index in [1.165, 1.54) is 20.1 Å². The van der Waals surface area contributed by atoms with Crippen molar-refractivity contribution in [2.24, 2.45) is 0 Å². The lowest BCUT2D eigenvalue weighted by Crippen LogP contribution is -3.00. The average molecular weight is 970 g/mol. The maximum Gasteiger partial charge on any atom is 0.509 e. The van der Waals surface area contributed by atoms with Crippen LogP contribution in [0.4, 0.5) is 48.7 Å². The summed E-state index contributed by atoms with van der Waals surface area (Å²) in [5.41, 5.74) is -5.33. The molecule has 0 saturated heterocycles. The molecule has 6 N–H and O–H groups in total. The molecule has 0 saturated carbocycles. The Morgan fingerprint density at radius 2 is 1.27 bits per heavy atom. The van der Waals surface area contributed by atoms with Crippen LogP contribution < -0.4 is 22.5 Å². The van der Waals surface area contributed by atoms with Crippen molar-refractivity contribution in [3.05, 3.63) is 87.7 Å². The first-order valence-corrected chi connectivity index (χ1v) is 20.5. The highest BCUT2D eigenvalue weighted by Crippen LogP contribution is 2.42. The maximum absolute atomic E-state index is 14.9. The van der Waals surface area contributed by atoms with Crippen LogP contribution in [0.25, 0.3) is 11.1 Å². The molecular formula is C35H40ClF10NO13P2. The highest BCUT2D eigenvalue weighted by molar-refractivity contribution is 7.46. The van der Waals surface area contributed by atoms with Crippen molar-refractivity contribution >= 4 is 21.8 Å². The summed E-state index contributed by atoms with van der Waals surface area (Å²) in [5.74, 6) is -1.16. The molecule has 0 amide bonds. The van der Waals surface area contributed by atoms with E-state index in [-0.39, 0.29) is 58.6 Å². The number of quaternary nitrogens is 1. The van der Waals surface area contributed by atoms with Crippen LogP contribution in [0, 0.1) is 5.82 Å². The van der Waals surface area contributed by atoms with Gasteiger partial charge in [-0.15, -0.1) is 0 Å². The molecule has 0 unspecified atom stereocenters. The zero-order valence-corrected chi connectivity index (χ0v) is 35.1. The zero-order valence-electron chi connectivity index (χ0n) is 32.6. The smallest absolute Gasteiger partial charge is 0.509 e. The largest absolute Gasteiger partial charge is 1.00 e. The highest BCUT2D eigenvalue weighted by Gasteiger charge is 2.40. The van der Waals surface area contributed by atoms with Crippen molar-refractivity contribution in [2.75, 3.05) is 33.5 Å². The number of methoxy groups -OCH3 is 1. The van der Waals surface area contributed by atoms with Gasteiger partial charge in [0, 0.05) is 17.2 Å². The topological polar surface area (TPSA) is 204 Å². The molecule has 350 valence electrons. The van der Waals surface area contributed by atoms with Crippen molar-refractivity contribution in [3.8, 4) is 16.9 Å². The number of rotatable bonds is 19. The number of carbonyl (C=O) groups excluding carboxylic acids is 1. The minimum atomic E-state index is -5.36. The van der Waals surface area contributed by atoms with Crippen molar-refractivity contribution in [1.29, 1.82) is 0 Å². The van der Waals surface area contributed by atoms with Gasteiger partial charge in [0.25, 0.3) is 0 Å². The van der Waals surface area contributed by atoms with Gasteiger partial charge in [0.1, 0.15) is 36.9 Å². The molecule has 14 nitrogen and oxygen atoms in total. The molecule has 3 aromatic rings. The number of ether oxygens (including phenoxy) is 4. The second kappa shape index (κ2) is 21.9. The molecule has 0 aliphatic rings. The van der Waals surface area contributed by atoms with Crippen LogP contribution in [0.2, 0.25) is 0 Å². The number of phosphoric ester groups is 2. The summed E-state index contributed by atoms with van der Waals surface area (Å²) < 4.78 is 191. The van der Waals surface area contributed by atoms with E-state index < -0.39 is 126 Å².